The molecule has 1 aliphatic rings. The van der Waals surface area contributed by atoms with Crippen LogP contribution in [0, 0.1) is 5.41 Å². The molecule has 0 aromatic heterocycles. The fraction of sp³-hybridized carbons (Fsp3) is 1.00. The number of rotatable bonds is 0. The van der Waals surface area contributed by atoms with Gasteiger partial charge in [-0.3, -0.25) is 5.32 Å². The Morgan fingerprint density at radius 2 is 2.11 bits per heavy atom. The molecule has 0 aromatic rings. The molecule has 0 aliphatic carbocycles. The summed E-state index contributed by atoms with van der Waals surface area (Å²) in [6.45, 7) is 7.66. The summed E-state index contributed by atoms with van der Waals surface area (Å²) in [6, 6.07) is 0. The summed E-state index contributed by atoms with van der Waals surface area (Å²) < 4.78 is 3.18. The first-order chi connectivity index (χ1) is 4.11. The summed E-state index contributed by atoms with van der Waals surface area (Å²) in [5, 5.41) is 3.92. The SMILES string of the molecule is CC(C)(C)C1NCNS1. The van der Waals surface area contributed by atoms with Crippen molar-refractivity contribution in [1.82, 2.24) is 10.0 Å². The van der Waals surface area contributed by atoms with Gasteiger partial charge in [-0.2, -0.15) is 0 Å². The van der Waals surface area contributed by atoms with Crippen LogP contribution in [0.15, 0.2) is 0 Å². The normalized spacial score (nSPS) is 29.0. The first-order valence-electron chi connectivity index (χ1n) is 3.22. The van der Waals surface area contributed by atoms with Gasteiger partial charge in [-0.25, -0.2) is 4.72 Å². The molecular weight excluding hydrogens is 132 g/mol. The Morgan fingerprint density at radius 3 is 2.33 bits per heavy atom. The molecule has 0 bridgehead atoms. The van der Waals surface area contributed by atoms with E-state index < -0.39 is 0 Å². The second-order valence-electron chi connectivity index (χ2n) is 3.39. The van der Waals surface area contributed by atoms with E-state index in [-0.39, 0.29) is 0 Å². The summed E-state index contributed by atoms with van der Waals surface area (Å²) in [6.07, 6.45) is 0. The van der Waals surface area contributed by atoms with Crippen LogP contribution in [0.5, 0.6) is 0 Å². The highest BCUT2D eigenvalue weighted by molar-refractivity contribution is 7.98. The minimum absolute atomic E-state index is 0.369. The van der Waals surface area contributed by atoms with Gasteiger partial charge in [0.1, 0.15) is 0 Å². The van der Waals surface area contributed by atoms with Crippen LogP contribution >= 0.6 is 11.9 Å². The van der Waals surface area contributed by atoms with Crippen molar-refractivity contribution >= 4 is 11.9 Å². The zero-order valence-electron chi connectivity index (χ0n) is 6.19. The minimum Gasteiger partial charge on any atom is -0.290 e. The molecule has 0 saturated carbocycles. The molecule has 1 saturated heterocycles. The number of nitrogens with one attached hydrogen (secondary N) is 2. The highest BCUT2D eigenvalue weighted by Crippen LogP contribution is 2.28. The first-order valence-corrected chi connectivity index (χ1v) is 4.10. The van der Waals surface area contributed by atoms with Crippen LogP contribution in [-0.4, -0.2) is 12.0 Å². The van der Waals surface area contributed by atoms with Gasteiger partial charge < -0.3 is 0 Å². The molecule has 0 radical (unpaired) electrons. The fourth-order valence-electron chi connectivity index (χ4n) is 0.784. The standard InChI is InChI=1S/C6H14N2S/c1-6(2,3)5-7-4-8-9-5/h5,7-8H,4H2,1-3H3. The second kappa shape index (κ2) is 2.48. The topological polar surface area (TPSA) is 24.1 Å². The summed E-state index contributed by atoms with van der Waals surface area (Å²) in [4.78, 5) is 0. The Bertz CT molecular complexity index is 91.7. The van der Waals surface area contributed by atoms with Crippen molar-refractivity contribution in [2.24, 2.45) is 5.41 Å². The van der Waals surface area contributed by atoms with Gasteiger partial charge in [-0.05, 0) is 5.41 Å². The van der Waals surface area contributed by atoms with Crippen molar-refractivity contribution in [2.75, 3.05) is 6.67 Å². The molecule has 3 heteroatoms. The van der Waals surface area contributed by atoms with Crippen molar-refractivity contribution in [2.45, 2.75) is 26.1 Å². The summed E-state index contributed by atoms with van der Waals surface area (Å²) in [5.74, 6) is 0. The zero-order valence-corrected chi connectivity index (χ0v) is 7.01. The monoisotopic (exact) mass is 146 g/mol. The van der Waals surface area contributed by atoms with E-state index in [0.717, 1.165) is 6.67 Å². The van der Waals surface area contributed by atoms with Crippen LogP contribution in [0.1, 0.15) is 20.8 Å². The van der Waals surface area contributed by atoms with Crippen molar-refractivity contribution in [3.05, 3.63) is 0 Å². The highest BCUT2D eigenvalue weighted by atomic mass is 32.2. The molecule has 1 aliphatic heterocycles. The lowest BCUT2D eigenvalue weighted by atomic mass is 9.97. The maximum absolute atomic E-state index is 3.35. The van der Waals surface area contributed by atoms with Crippen LogP contribution in [0.3, 0.4) is 0 Å². The molecule has 0 spiro atoms. The number of hydrogen-bond acceptors (Lipinski definition) is 3. The van der Waals surface area contributed by atoms with Crippen LogP contribution in [0.4, 0.5) is 0 Å². The third-order valence-corrected chi connectivity index (χ3v) is 2.77. The minimum atomic E-state index is 0.369. The Hall–Kier alpha value is 0.270. The Balaban J connectivity index is 2.42. The maximum atomic E-state index is 3.35. The Labute approximate surface area is 60.9 Å². The van der Waals surface area contributed by atoms with Gasteiger partial charge in [-0.1, -0.05) is 32.7 Å². The molecule has 0 amide bonds. The Morgan fingerprint density at radius 1 is 1.44 bits per heavy atom. The van der Waals surface area contributed by atoms with Crippen LogP contribution < -0.4 is 10.0 Å². The van der Waals surface area contributed by atoms with Crippen molar-refractivity contribution in [1.29, 1.82) is 0 Å². The average Bonchev–Trinajstić information content (AvgIpc) is 2.08. The molecule has 54 valence electrons. The van der Waals surface area contributed by atoms with Gasteiger partial charge in [0.15, 0.2) is 0 Å². The average molecular weight is 146 g/mol. The number of hydrogen-bond donors (Lipinski definition) is 2. The van der Waals surface area contributed by atoms with E-state index in [1.165, 1.54) is 0 Å². The lowest BCUT2D eigenvalue weighted by Gasteiger charge is -2.24. The molecule has 1 fully saturated rings. The zero-order chi connectivity index (χ0) is 6.91. The van der Waals surface area contributed by atoms with E-state index in [0.29, 0.717) is 10.8 Å². The molecule has 2 nitrogen and oxygen atoms in total. The molecule has 9 heavy (non-hydrogen) atoms. The van der Waals surface area contributed by atoms with Crippen LogP contribution in [0.25, 0.3) is 0 Å². The van der Waals surface area contributed by atoms with E-state index in [2.05, 4.69) is 30.8 Å². The van der Waals surface area contributed by atoms with Crippen molar-refractivity contribution in [3.8, 4) is 0 Å². The summed E-state index contributed by atoms with van der Waals surface area (Å²) in [7, 11) is 0. The predicted molar refractivity (Wildman–Crippen MR) is 42.0 cm³/mol. The van der Waals surface area contributed by atoms with Crippen molar-refractivity contribution < 1.29 is 0 Å². The third-order valence-electron chi connectivity index (χ3n) is 1.35. The van der Waals surface area contributed by atoms with Crippen LogP contribution in [-0.2, 0) is 0 Å². The Kier molecular flexibility index (Phi) is 2.03. The third kappa shape index (κ3) is 1.85. The fourth-order valence-corrected chi connectivity index (χ4v) is 1.64. The molecule has 2 N–H and O–H groups in total. The summed E-state index contributed by atoms with van der Waals surface area (Å²) >= 11 is 1.79. The predicted octanol–water partition coefficient (Wildman–Crippen LogP) is 1.16. The largest absolute Gasteiger partial charge is 0.290 e. The van der Waals surface area contributed by atoms with E-state index >= 15 is 0 Å². The van der Waals surface area contributed by atoms with Crippen molar-refractivity contribution in [3.63, 3.8) is 0 Å². The molecule has 1 rings (SSSR count). The van der Waals surface area contributed by atoms with E-state index in [1.807, 2.05) is 0 Å². The highest BCUT2D eigenvalue weighted by Gasteiger charge is 2.27. The smallest absolute Gasteiger partial charge is 0.0738 e. The lowest BCUT2D eigenvalue weighted by Crippen LogP contribution is -2.32. The van der Waals surface area contributed by atoms with E-state index in [1.54, 1.807) is 11.9 Å². The summed E-state index contributed by atoms with van der Waals surface area (Å²) in [5.41, 5.74) is 0.369. The lowest BCUT2D eigenvalue weighted by molar-refractivity contribution is 0.363. The molecule has 0 aromatic carbocycles. The second-order valence-corrected chi connectivity index (χ2v) is 4.38. The van der Waals surface area contributed by atoms with E-state index in [4.69, 9.17) is 0 Å². The molecule has 1 heterocycles. The molecule has 1 atom stereocenters. The first kappa shape index (κ1) is 7.38. The van der Waals surface area contributed by atoms with Gasteiger partial charge in [0.05, 0.1) is 12.0 Å². The van der Waals surface area contributed by atoms with Gasteiger partial charge >= 0.3 is 0 Å². The van der Waals surface area contributed by atoms with Gasteiger partial charge in [0, 0.05) is 0 Å². The van der Waals surface area contributed by atoms with Gasteiger partial charge in [0.25, 0.3) is 0 Å². The van der Waals surface area contributed by atoms with Gasteiger partial charge in [-0.15, -0.1) is 0 Å². The van der Waals surface area contributed by atoms with Gasteiger partial charge in [0.2, 0.25) is 0 Å². The quantitative estimate of drug-likeness (QED) is 0.501. The van der Waals surface area contributed by atoms with E-state index in [9.17, 15) is 0 Å². The molecule has 1 unspecified atom stereocenters. The molecular formula is C6H14N2S. The van der Waals surface area contributed by atoms with Crippen LogP contribution in [0.2, 0.25) is 0 Å². The maximum Gasteiger partial charge on any atom is 0.0738 e.